The van der Waals surface area contributed by atoms with Gasteiger partial charge in [-0.15, -0.1) is 11.6 Å². The molecule has 0 fully saturated rings. The summed E-state index contributed by atoms with van der Waals surface area (Å²) in [5.41, 5.74) is 0.528. The molecule has 4 nitrogen and oxygen atoms in total. The summed E-state index contributed by atoms with van der Waals surface area (Å²) in [6.07, 6.45) is 0.112. The molecule has 94 valence electrons. The molecule has 0 saturated heterocycles. The van der Waals surface area contributed by atoms with Crippen LogP contribution in [0.25, 0.3) is 0 Å². The van der Waals surface area contributed by atoms with Crippen LogP contribution >= 0.6 is 11.6 Å². The Hall–Kier alpha value is -1.07. The van der Waals surface area contributed by atoms with Crippen LogP contribution in [0, 0.1) is 0 Å². The van der Waals surface area contributed by atoms with Gasteiger partial charge in [0.05, 0.1) is 10.6 Å². The lowest BCUT2D eigenvalue weighted by Gasteiger charge is -2.08. The fraction of sp³-hybridized carbons (Fsp3) is 0.364. The monoisotopic (exact) mass is 276 g/mol. The Balaban J connectivity index is 3.03. The number of carboxylic acid groups (broad SMARTS) is 1. The summed E-state index contributed by atoms with van der Waals surface area (Å²) in [5, 5.41) is 8.60. The van der Waals surface area contributed by atoms with Gasteiger partial charge in [0.2, 0.25) is 0 Å². The molecule has 1 aromatic carbocycles. The molecule has 0 saturated carbocycles. The van der Waals surface area contributed by atoms with E-state index in [1.807, 2.05) is 0 Å². The molecular formula is C11H13ClO4S. The van der Waals surface area contributed by atoms with Gasteiger partial charge in [0.25, 0.3) is 0 Å². The van der Waals surface area contributed by atoms with Gasteiger partial charge in [-0.2, -0.15) is 0 Å². The number of aliphatic carboxylic acids is 1. The Bertz CT molecular complexity index is 496. The molecule has 1 N–H and O–H groups in total. The van der Waals surface area contributed by atoms with E-state index in [2.05, 4.69) is 0 Å². The number of sulfone groups is 1. The summed E-state index contributed by atoms with van der Waals surface area (Å²) >= 11 is 5.44. The van der Waals surface area contributed by atoms with Crippen molar-refractivity contribution in [3.05, 3.63) is 29.8 Å². The molecule has 0 spiro atoms. The Morgan fingerprint density at radius 2 is 1.94 bits per heavy atom. The third kappa shape index (κ3) is 4.02. The molecule has 1 rings (SSSR count). The highest BCUT2D eigenvalue weighted by atomic mass is 35.5. The molecule has 0 aliphatic carbocycles. The molecule has 0 aliphatic heterocycles. The van der Waals surface area contributed by atoms with Crippen molar-refractivity contribution in [2.75, 3.05) is 11.6 Å². The molecule has 0 radical (unpaired) electrons. The molecule has 0 aliphatic rings. The van der Waals surface area contributed by atoms with E-state index >= 15 is 0 Å². The van der Waals surface area contributed by atoms with Gasteiger partial charge in [0.1, 0.15) is 0 Å². The minimum Gasteiger partial charge on any atom is -0.481 e. The molecule has 1 aromatic rings. The van der Waals surface area contributed by atoms with Crippen LogP contribution in [-0.4, -0.2) is 31.1 Å². The predicted octanol–water partition coefficient (Wildman–Crippen LogP) is 1.72. The van der Waals surface area contributed by atoms with Gasteiger partial charge < -0.3 is 5.11 Å². The maximum Gasteiger partial charge on any atom is 0.303 e. The number of rotatable bonds is 6. The highest BCUT2D eigenvalue weighted by Gasteiger charge is 2.17. The second-order valence-electron chi connectivity index (χ2n) is 3.51. The first-order valence-electron chi connectivity index (χ1n) is 5.06. The van der Waals surface area contributed by atoms with E-state index in [1.54, 1.807) is 18.2 Å². The van der Waals surface area contributed by atoms with Crippen molar-refractivity contribution in [1.29, 1.82) is 0 Å². The molecule has 0 heterocycles. The molecule has 0 amide bonds. The van der Waals surface area contributed by atoms with E-state index in [1.165, 1.54) is 6.07 Å². The van der Waals surface area contributed by atoms with E-state index in [-0.39, 0.29) is 29.4 Å². The van der Waals surface area contributed by atoms with Gasteiger partial charge in [-0.25, -0.2) is 8.42 Å². The summed E-state index contributed by atoms with van der Waals surface area (Å²) in [5.74, 6) is -1.07. The van der Waals surface area contributed by atoms with Crippen LogP contribution in [0.5, 0.6) is 0 Å². The topological polar surface area (TPSA) is 71.4 Å². The van der Waals surface area contributed by atoms with Crippen molar-refractivity contribution in [3.8, 4) is 0 Å². The van der Waals surface area contributed by atoms with Crippen molar-refractivity contribution in [3.63, 3.8) is 0 Å². The number of hydrogen-bond acceptors (Lipinski definition) is 3. The zero-order chi connectivity index (χ0) is 12.9. The molecule has 0 atom stereocenters. The summed E-state index contributed by atoms with van der Waals surface area (Å²) in [6.45, 7) is 0. The largest absolute Gasteiger partial charge is 0.481 e. The van der Waals surface area contributed by atoms with E-state index < -0.39 is 15.8 Å². The van der Waals surface area contributed by atoms with Crippen molar-refractivity contribution < 1.29 is 18.3 Å². The van der Waals surface area contributed by atoms with Crippen LogP contribution in [0.1, 0.15) is 12.0 Å². The summed E-state index contributed by atoms with van der Waals surface area (Å²) in [4.78, 5) is 10.7. The third-order valence-electron chi connectivity index (χ3n) is 2.26. The van der Waals surface area contributed by atoms with Gasteiger partial charge >= 0.3 is 5.97 Å². The highest BCUT2D eigenvalue weighted by molar-refractivity contribution is 7.91. The highest BCUT2D eigenvalue weighted by Crippen LogP contribution is 2.18. The normalized spacial score (nSPS) is 11.4. The van der Waals surface area contributed by atoms with Crippen LogP contribution in [0.15, 0.2) is 29.2 Å². The predicted molar refractivity (Wildman–Crippen MR) is 65.2 cm³/mol. The molecule has 17 heavy (non-hydrogen) atoms. The molecular weight excluding hydrogens is 264 g/mol. The van der Waals surface area contributed by atoms with Gasteiger partial charge in [-0.1, -0.05) is 18.2 Å². The molecule has 0 unspecified atom stereocenters. The third-order valence-corrected chi connectivity index (χ3v) is 4.48. The first-order valence-corrected chi connectivity index (χ1v) is 7.24. The average Bonchev–Trinajstić information content (AvgIpc) is 2.26. The lowest BCUT2D eigenvalue weighted by atomic mass is 10.1. The fourth-order valence-corrected chi connectivity index (χ4v) is 3.35. The number of alkyl halides is 1. The maximum absolute atomic E-state index is 11.9. The minimum absolute atomic E-state index is 0.0234. The SMILES string of the molecule is O=C(O)CCc1ccccc1S(=O)(=O)CCCl. The number of carbonyl (C=O) groups is 1. The van der Waals surface area contributed by atoms with E-state index in [0.29, 0.717) is 5.56 Å². The smallest absolute Gasteiger partial charge is 0.303 e. The molecule has 6 heteroatoms. The van der Waals surface area contributed by atoms with Gasteiger partial charge in [0.15, 0.2) is 9.84 Å². The van der Waals surface area contributed by atoms with Crippen LogP contribution in [0.4, 0.5) is 0 Å². The summed E-state index contributed by atoms with van der Waals surface area (Å²) in [6, 6.07) is 6.42. The number of benzene rings is 1. The Kier molecular flexibility index (Phi) is 4.96. The summed E-state index contributed by atoms with van der Waals surface area (Å²) < 4.78 is 23.7. The summed E-state index contributed by atoms with van der Waals surface area (Å²) in [7, 11) is -3.41. The molecule has 0 bridgehead atoms. The zero-order valence-corrected chi connectivity index (χ0v) is 10.7. The van der Waals surface area contributed by atoms with Crippen LogP contribution < -0.4 is 0 Å². The van der Waals surface area contributed by atoms with Crippen LogP contribution in [-0.2, 0) is 21.1 Å². The number of halogens is 1. The lowest BCUT2D eigenvalue weighted by Crippen LogP contribution is -2.11. The Morgan fingerprint density at radius 3 is 2.53 bits per heavy atom. The standard InChI is InChI=1S/C11H13ClO4S/c12-7-8-17(15,16)10-4-2-1-3-9(10)5-6-11(13)14/h1-4H,5-8H2,(H,13,14). The van der Waals surface area contributed by atoms with Crippen molar-refractivity contribution in [1.82, 2.24) is 0 Å². The van der Waals surface area contributed by atoms with Crippen LogP contribution in [0.3, 0.4) is 0 Å². The Labute approximate surface area is 105 Å². The average molecular weight is 277 g/mol. The van der Waals surface area contributed by atoms with Crippen molar-refractivity contribution in [2.24, 2.45) is 0 Å². The van der Waals surface area contributed by atoms with Crippen molar-refractivity contribution >= 4 is 27.4 Å². The zero-order valence-electron chi connectivity index (χ0n) is 9.10. The first-order chi connectivity index (χ1) is 7.97. The Morgan fingerprint density at radius 1 is 1.29 bits per heavy atom. The fourth-order valence-electron chi connectivity index (χ4n) is 1.47. The first kappa shape index (κ1) is 14.0. The van der Waals surface area contributed by atoms with Gasteiger partial charge in [0, 0.05) is 12.3 Å². The van der Waals surface area contributed by atoms with E-state index in [0.717, 1.165) is 0 Å². The van der Waals surface area contributed by atoms with E-state index in [4.69, 9.17) is 16.7 Å². The van der Waals surface area contributed by atoms with Crippen molar-refractivity contribution in [2.45, 2.75) is 17.7 Å². The quantitative estimate of drug-likeness (QED) is 0.803. The number of aryl methyl sites for hydroxylation is 1. The van der Waals surface area contributed by atoms with Crippen LogP contribution in [0.2, 0.25) is 0 Å². The molecule has 0 aromatic heterocycles. The second-order valence-corrected chi connectivity index (χ2v) is 5.96. The maximum atomic E-state index is 11.9. The van der Waals surface area contributed by atoms with Gasteiger partial charge in [-0.05, 0) is 18.1 Å². The van der Waals surface area contributed by atoms with Gasteiger partial charge in [-0.3, -0.25) is 4.79 Å². The van der Waals surface area contributed by atoms with E-state index in [9.17, 15) is 13.2 Å². The lowest BCUT2D eigenvalue weighted by molar-refractivity contribution is -0.136. The number of carboxylic acids is 1. The minimum atomic E-state index is -3.41. The number of hydrogen-bond donors (Lipinski definition) is 1. The second kappa shape index (κ2) is 6.02.